The second-order valence-electron chi connectivity index (χ2n) is 5.70. The van der Waals surface area contributed by atoms with Crippen molar-refractivity contribution in [3.05, 3.63) is 61.1 Å². The zero-order valence-electron chi connectivity index (χ0n) is 13.6. The molecule has 1 aliphatic rings. The molecule has 25 heavy (non-hydrogen) atoms. The monoisotopic (exact) mass is 335 g/mol. The van der Waals surface area contributed by atoms with E-state index in [0.29, 0.717) is 30.4 Å². The quantitative estimate of drug-likeness (QED) is 0.711. The van der Waals surface area contributed by atoms with Crippen LogP contribution in [0.5, 0.6) is 0 Å². The maximum absolute atomic E-state index is 12.8. The molecule has 0 bridgehead atoms. The van der Waals surface area contributed by atoms with Gasteiger partial charge in [0.25, 0.3) is 5.91 Å². The van der Waals surface area contributed by atoms with Crippen molar-refractivity contribution in [1.82, 2.24) is 29.4 Å². The van der Waals surface area contributed by atoms with E-state index < -0.39 is 0 Å². The Balaban J connectivity index is 1.45. The Hall–Kier alpha value is -3.29. The van der Waals surface area contributed by atoms with Gasteiger partial charge in [-0.1, -0.05) is 0 Å². The number of anilines is 1. The summed E-state index contributed by atoms with van der Waals surface area (Å²) in [5, 5.41) is 0. The number of piperazine rings is 1. The summed E-state index contributed by atoms with van der Waals surface area (Å²) in [6, 6.07) is 5.33. The molecule has 0 saturated carbocycles. The van der Waals surface area contributed by atoms with Crippen LogP contribution in [-0.2, 0) is 0 Å². The Morgan fingerprint density at radius 1 is 0.960 bits per heavy atom. The summed E-state index contributed by atoms with van der Waals surface area (Å²) in [5.41, 5.74) is 0.628. The molecule has 0 spiro atoms. The number of pyridine rings is 1. The Kier molecular flexibility index (Phi) is 4.07. The van der Waals surface area contributed by atoms with E-state index in [9.17, 15) is 4.79 Å². The number of aromatic nitrogens is 5. The smallest absolute Gasteiger partial charge is 0.254 e. The lowest BCUT2D eigenvalue weighted by molar-refractivity contribution is 0.0746. The van der Waals surface area contributed by atoms with Crippen LogP contribution in [0.2, 0.25) is 0 Å². The first-order chi connectivity index (χ1) is 12.3. The summed E-state index contributed by atoms with van der Waals surface area (Å²) in [6.45, 7) is 2.71. The Labute approximate surface area is 144 Å². The SMILES string of the molecule is O=C(c1ccnc(-n2ccnc2)c1)N1CCN(c2ncccn2)CC1. The zero-order chi connectivity index (χ0) is 17.1. The van der Waals surface area contributed by atoms with Crippen molar-refractivity contribution in [3.63, 3.8) is 0 Å². The molecule has 0 aromatic carbocycles. The van der Waals surface area contributed by atoms with Crippen LogP contribution < -0.4 is 4.90 Å². The summed E-state index contributed by atoms with van der Waals surface area (Å²) in [4.78, 5) is 33.6. The summed E-state index contributed by atoms with van der Waals surface area (Å²) in [7, 11) is 0. The molecule has 0 unspecified atom stereocenters. The molecule has 1 amide bonds. The normalized spacial score (nSPS) is 14.6. The fraction of sp³-hybridized carbons (Fsp3) is 0.235. The van der Waals surface area contributed by atoms with Crippen LogP contribution >= 0.6 is 0 Å². The lowest BCUT2D eigenvalue weighted by Crippen LogP contribution is -2.49. The van der Waals surface area contributed by atoms with Crippen molar-refractivity contribution in [2.75, 3.05) is 31.1 Å². The van der Waals surface area contributed by atoms with Crippen LogP contribution in [0.3, 0.4) is 0 Å². The lowest BCUT2D eigenvalue weighted by Gasteiger charge is -2.34. The van der Waals surface area contributed by atoms with Crippen LogP contribution in [0.1, 0.15) is 10.4 Å². The molecule has 1 saturated heterocycles. The molecular weight excluding hydrogens is 318 g/mol. The minimum absolute atomic E-state index is 0.0115. The molecule has 1 aliphatic heterocycles. The Bertz CT molecular complexity index is 842. The molecule has 0 aliphatic carbocycles. The van der Waals surface area contributed by atoms with E-state index in [1.165, 1.54) is 0 Å². The molecule has 8 heteroatoms. The second-order valence-corrected chi connectivity index (χ2v) is 5.70. The summed E-state index contributed by atoms with van der Waals surface area (Å²) >= 11 is 0. The van der Waals surface area contributed by atoms with Gasteiger partial charge in [0.2, 0.25) is 5.95 Å². The van der Waals surface area contributed by atoms with E-state index >= 15 is 0 Å². The van der Waals surface area contributed by atoms with Gasteiger partial charge in [-0.25, -0.2) is 19.9 Å². The molecule has 1 fully saturated rings. The highest BCUT2D eigenvalue weighted by Crippen LogP contribution is 2.14. The van der Waals surface area contributed by atoms with E-state index in [-0.39, 0.29) is 5.91 Å². The third-order valence-corrected chi connectivity index (χ3v) is 4.16. The third kappa shape index (κ3) is 3.18. The first kappa shape index (κ1) is 15.3. The van der Waals surface area contributed by atoms with E-state index in [2.05, 4.69) is 24.8 Å². The van der Waals surface area contributed by atoms with E-state index in [0.717, 1.165) is 13.1 Å². The molecule has 0 radical (unpaired) electrons. The largest absolute Gasteiger partial charge is 0.337 e. The summed E-state index contributed by atoms with van der Waals surface area (Å²) in [6.07, 6.45) is 10.3. The van der Waals surface area contributed by atoms with Crippen molar-refractivity contribution < 1.29 is 4.79 Å². The molecule has 126 valence electrons. The standard InChI is InChI=1S/C17H17N7O/c25-16(14-2-5-19-15(12-14)24-7-6-18-13-24)22-8-10-23(11-9-22)17-20-3-1-4-21-17/h1-7,12-13H,8-11H2. The second kappa shape index (κ2) is 6.68. The number of hydrogen-bond donors (Lipinski definition) is 0. The Morgan fingerprint density at radius 3 is 2.48 bits per heavy atom. The van der Waals surface area contributed by atoms with Crippen molar-refractivity contribution in [3.8, 4) is 5.82 Å². The van der Waals surface area contributed by atoms with E-state index in [1.807, 2.05) is 4.90 Å². The van der Waals surface area contributed by atoms with Crippen LogP contribution in [0.15, 0.2) is 55.5 Å². The van der Waals surface area contributed by atoms with E-state index in [1.54, 1.807) is 60.1 Å². The fourth-order valence-corrected chi connectivity index (χ4v) is 2.83. The lowest BCUT2D eigenvalue weighted by atomic mass is 10.2. The van der Waals surface area contributed by atoms with Gasteiger partial charge in [-0.15, -0.1) is 0 Å². The number of amides is 1. The van der Waals surface area contributed by atoms with Crippen molar-refractivity contribution >= 4 is 11.9 Å². The molecule has 4 rings (SSSR count). The van der Waals surface area contributed by atoms with Gasteiger partial charge in [-0.2, -0.15) is 0 Å². The van der Waals surface area contributed by atoms with Crippen LogP contribution in [-0.4, -0.2) is 61.5 Å². The van der Waals surface area contributed by atoms with Crippen molar-refractivity contribution in [1.29, 1.82) is 0 Å². The molecule has 0 N–H and O–H groups in total. The molecule has 4 heterocycles. The van der Waals surface area contributed by atoms with Crippen molar-refractivity contribution in [2.45, 2.75) is 0 Å². The van der Waals surface area contributed by atoms with Gasteiger partial charge in [-0.3, -0.25) is 9.36 Å². The average molecular weight is 335 g/mol. The summed E-state index contributed by atoms with van der Waals surface area (Å²) < 4.78 is 1.78. The maximum atomic E-state index is 12.8. The zero-order valence-corrected chi connectivity index (χ0v) is 13.6. The number of carbonyl (C=O) groups is 1. The first-order valence-electron chi connectivity index (χ1n) is 8.07. The number of hydrogen-bond acceptors (Lipinski definition) is 6. The van der Waals surface area contributed by atoms with Gasteiger partial charge in [-0.05, 0) is 18.2 Å². The van der Waals surface area contributed by atoms with Crippen LogP contribution in [0.25, 0.3) is 5.82 Å². The van der Waals surface area contributed by atoms with E-state index in [4.69, 9.17) is 0 Å². The van der Waals surface area contributed by atoms with Gasteiger partial charge >= 0.3 is 0 Å². The fourth-order valence-electron chi connectivity index (χ4n) is 2.83. The molecule has 3 aromatic rings. The van der Waals surface area contributed by atoms with Gasteiger partial charge < -0.3 is 9.80 Å². The highest BCUT2D eigenvalue weighted by Gasteiger charge is 2.23. The van der Waals surface area contributed by atoms with Gasteiger partial charge in [0.15, 0.2) is 0 Å². The topological polar surface area (TPSA) is 80.0 Å². The highest BCUT2D eigenvalue weighted by atomic mass is 16.2. The Morgan fingerprint density at radius 2 is 1.76 bits per heavy atom. The van der Waals surface area contributed by atoms with Crippen LogP contribution in [0, 0.1) is 0 Å². The number of carbonyl (C=O) groups excluding carboxylic acids is 1. The predicted molar refractivity (Wildman–Crippen MR) is 91.5 cm³/mol. The molecule has 3 aromatic heterocycles. The highest BCUT2D eigenvalue weighted by molar-refractivity contribution is 5.94. The van der Waals surface area contributed by atoms with Crippen molar-refractivity contribution in [2.24, 2.45) is 0 Å². The minimum atomic E-state index is 0.0115. The minimum Gasteiger partial charge on any atom is -0.337 e. The average Bonchev–Trinajstić information content (AvgIpc) is 3.23. The number of nitrogens with zero attached hydrogens (tertiary/aromatic N) is 7. The van der Waals surface area contributed by atoms with Gasteiger partial charge in [0, 0.05) is 62.7 Å². The van der Waals surface area contributed by atoms with Gasteiger partial charge in [0.05, 0.1) is 0 Å². The molecular formula is C17H17N7O. The van der Waals surface area contributed by atoms with Crippen LogP contribution in [0.4, 0.5) is 5.95 Å². The van der Waals surface area contributed by atoms with Gasteiger partial charge in [0.1, 0.15) is 12.1 Å². The maximum Gasteiger partial charge on any atom is 0.254 e. The number of rotatable bonds is 3. The predicted octanol–water partition coefficient (Wildman–Crippen LogP) is 1.02. The third-order valence-electron chi connectivity index (χ3n) is 4.16. The molecule has 0 atom stereocenters. The first-order valence-corrected chi connectivity index (χ1v) is 8.07. The number of imidazole rings is 1. The summed E-state index contributed by atoms with van der Waals surface area (Å²) in [5.74, 6) is 1.40. The molecule has 8 nitrogen and oxygen atoms in total.